The van der Waals surface area contributed by atoms with Crippen LogP contribution in [0.15, 0.2) is 54.6 Å². The summed E-state index contributed by atoms with van der Waals surface area (Å²) in [6.07, 6.45) is 6.28. The van der Waals surface area contributed by atoms with E-state index in [-0.39, 0.29) is 24.5 Å². The van der Waals surface area contributed by atoms with Crippen molar-refractivity contribution in [3.8, 4) is 5.75 Å². The summed E-state index contributed by atoms with van der Waals surface area (Å²) in [7, 11) is 0. The number of aryl methyl sites for hydroxylation is 1. The maximum atomic E-state index is 13.1. The zero-order valence-corrected chi connectivity index (χ0v) is 18.7. The molecule has 1 aliphatic carbocycles. The van der Waals surface area contributed by atoms with Crippen LogP contribution in [0, 0.1) is 6.92 Å². The molecule has 1 aliphatic rings. The molecule has 0 saturated heterocycles. The molecular formula is C26H34N2O3. The van der Waals surface area contributed by atoms with Crippen LogP contribution in [-0.2, 0) is 16.0 Å². The molecule has 1 N–H and O–H groups in total. The molecule has 0 unspecified atom stereocenters. The van der Waals surface area contributed by atoms with Crippen molar-refractivity contribution in [3.05, 3.63) is 65.7 Å². The highest BCUT2D eigenvalue weighted by Crippen LogP contribution is 2.18. The van der Waals surface area contributed by atoms with Gasteiger partial charge in [-0.05, 0) is 56.4 Å². The fourth-order valence-corrected chi connectivity index (χ4v) is 4.07. The standard InChI is InChI=1S/C26H34N2O3/c1-20-10-9-15-24(18-20)31-19-25(29)28(17-16-22-11-5-3-6-12-22)21(2)26(30)27-23-13-7-4-8-14-23/h3,5-6,9-12,15,18,21,23H,4,7-8,13-14,16-17,19H2,1-2H3,(H,27,30)/t21-/m1/s1. The van der Waals surface area contributed by atoms with Gasteiger partial charge in [0.2, 0.25) is 5.91 Å². The van der Waals surface area contributed by atoms with Crippen LogP contribution in [0.5, 0.6) is 5.75 Å². The second kappa shape index (κ2) is 11.5. The van der Waals surface area contributed by atoms with Gasteiger partial charge in [0.25, 0.3) is 5.91 Å². The molecule has 1 atom stereocenters. The average molecular weight is 423 g/mol. The van der Waals surface area contributed by atoms with Crippen molar-refractivity contribution in [2.75, 3.05) is 13.2 Å². The maximum absolute atomic E-state index is 13.1. The zero-order chi connectivity index (χ0) is 22.1. The van der Waals surface area contributed by atoms with Gasteiger partial charge in [0.1, 0.15) is 11.8 Å². The molecule has 5 nitrogen and oxygen atoms in total. The van der Waals surface area contributed by atoms with Gasteiger partial charge in [0.15, 0.2) is 6.61 Å². The number of nitrogens with zero attached hydrogens (tertiary/aromatic N) is 1. The van der Waals surface area contributed by atoms with Crippen LogP contribution in [0.4, 0.5) is 0 Å². The van der Waals surface area contributed by atoms with E-state index in [1.165, 1.54) is 6.42 Å². The van der Waals surface area contributed by atoms with Gasteiger partial charge in [-0.15, -0.1) is 0 Å². The molecule has 5 heteroatoms. The number of hydrogen-bond acceptors (Lipinski definition) is 3. The predicted molar refractivity (Wildman–Crippen MR) is 123 cm³/mol. The lowest BCUT2D eigenvalue weighted by atomic mass is 9.95. The Labute approximate surface area is 185 Å². The zero-order valence-electron chi connectivity index (χ0n) is 18.7. The first-order valence-electron chi connectivity index (χ1n) is 11.4. The highest BCUT2D eigenvalue weighted by molar-refractivity contribution is 5.88. The minimum atomic E-state index is -0.542. The molecule has 1 fully saturated rings. The van der Waals surface area contributed by atoms with Crippen LogP contribution in [0.3, 0.4) is 0 Å². The third-order valence-corrected chi connectivity index (χ3v) is 5.95. The Morgan fingerprint density at radius 3 is 2.52 bits per heavy atom. The summed E-state index contributed by atoms with van der Waals surface area (Å²) in [4.78, 5) is 27.7. The van der Waals surface area contributed by atoms with Crippen LogP contribution in [0.2, 0.25) is 0 Å². The van der Waals surface area contributed by atoms with E-state index in [9.17, 15) is 9.59 Å². The molecule has 0 bridgehead atoms. The van der Waals surface area contributed by atoms with E-state index in [0.717, 1.165) is 36.8 Å². The molecule has 3 rings (SSSR count). The predicted octanol–water partition coefficient (Wildman–Crippen LogP) is 4.28. The fourth-order valence-electron chi connectivity index (χ4n) is 4.07. The average Bonchev–Trinajstić information content (AvgIpc) is 2.79. The Hall–Kier alpha value is -2.82. The van der Waals surface area contributed by atoms with Gasteiger partial charge in [-0.2, -0.15) is 0 Å². The smallest absolute Gasteiger partial charge is 0.261 e. The van der Waals surface area contributed by atoms with Crippen molar-refractivity contribution in [1.82, 2.24) is 10.2 Å². The third kappa shape index (κ3) is 7.12. The number of carbonyl (C=O) groups excluding carboxylic acids is 2. The van der Waals surface area contributed by atoms with Crippen LogP contribution in [0.25, 0.3) is 0 Å². The van der Waals surface area contributed by atoms with Crippen LogP contribution < -0.4 is 10.1 Å². The molecule has 166 valence electrons. The minimum absolute atomic E-state index is 0.0798. The largest absolute Gasteiger partial charge is 0.484 e. The summed E-state index contributed by atoms with van der Waals surface area (Å²) < 4.78 is 5.74. The molecule has 2 aromatic rings. The number of amides is 2. The lowest BCUT2D eigenvalue weighted by molar-refractivity contribution is -0.141. The van der Waals surface area contributed by atoms with E-state index >= 15 is 0 Å². The number of ether oxygens (including phenoxy) is 1. The molecule has 0 spiro atoms. The SMILES string of the molecule is Cc1cccc(OCC(=O)N(CCc2ccccc2)[C@H](C)C(=O)NC2CCCCC2)c1. The molecule has 0 aliphatic heterocycles. The first kappa shape index (κ1) is 22.9. The Morgan fingerprint density at radius 2 is 1.81 bits per heavy atom. The third-order valence-electron chi connectivity index (χ3n) is 5.95. The fraction of sp³-hybridized carbons (Fsp3) is 0.462. The van der Waals surface area contributed by atoms with Crippen LogP contribution in [0.1, 0.15) is 50.2 Å². The van der Waals surface area contributed by atoms with Gasteiger partial charge in [0, 0.05) is 12.6 Å². The van der Waals surface area contributed by atoms with Crippen LogP contribution in [-0.4, -0.2) is 41.9 Å². The van der Waals surface area contributed by atoms with Gasteiger partial charge in [-0.1, -0.05) is 61.7 Å². The van der Waals surface area contributed by atoms with Gasteiger partial charge in [-0.25, -0.2) is 0 Å². The summed E-state index contributed by atoms with van der Waals surface area (Å²) in [6, 6.07) is 17.3. The van der Waals surface area contributed by atoms with E-state index < -0.39 is 6.04 Å². The van der Waals surface area contributed by atoms with Crippen molar-refractivity contribution < 1.29 is 14.3 Å². The quantitative estimate of drug-likeness (QED) is 0.656. The molecule has 0 radical (unpaired) electrons. The Bertz CT molecular complexity index is 847. The second-order valence-electron chi connectivity index (χ2n) is 8.45. The second-order valence-corrected chi connectivity index (χ2v) is 8.45. The van der Waals surface area contributed by atoms with Gasteiger partial charge in [0.05, 0.1) is 0 Å². The Kier molecular flexibility index (Phi) is 8.51. The first-order valence-corrected chi connectivity index (χ1v) is 11.4. The van der Waals surface area contributed by atoms with Crippen molar-refractivity contribution >= 4 is 11.8 Å². The molecule has 0 aromatic heterocycles. The lowest BCUT2D eigenvalue weighted by Gasteiger charge is -2.31. The monoisotopic (exact) mass is 422 g/mol. The van der Waals surface area contributed by atoms with E-state index in [2.05, 4.69) is 5.32 Å². The number of benzene rings is 2. The van der Waals surface area contributed by atoms with E-state index in [1.807, 2.05) is 68.4 Å². The normalized spacial score (nSPS) is 15.2. The summed E-state index contributed by atoms with van der Waals surface area (Å²) in [5.74, 6) is 0.406. The van der Waals surface area contributed by atoms with Crippen molar-refractivity contribution in [3.63, 3.8) is 0 Å². The molecule has 1 saturated carbocycles. The number of hydrogen-bond donors (Lipinski definition) is 1. The Morgan fingerprint density at radius 1 is 1.06 bits per heavy atom. The van der Waals surface area contributed by atoms with Gasteiger partial charge < -0.3 is 15.0 Å². The van der Waals surface area contributed by atoms with E-state index in [4.69, 9.17) is 4.74 Å². The highest BCUT2D eigenvalue weighted by atomic mass is 16.5. The molecule has 2 amide bonds. The van der Waals surface area contributed by atoms with Crippen LogP contribution >= 0.6 is 0 Å². The van der Waals surface area contributed by atoms with Gasteiger partial charge in [-0.3, -0.25) is 9.59 Å². The highest BCUT2D eigenvalue weighted by Gasteiger charge is 2.28. The van der Waals surface area contributed by atoms with Gasteiger partial charge >= 0.3 is 0 Å². The maximum Gasteiger partial charge on any atom is 0.261 e. The van der Waals surface area contributed by atoms with E-state index in [0.29, 0.717) is 18.7 Å². The molecular weight excluding hydrogens is 388 g/mol. The topological polar surface area (TPSA) is 58.6 Å². The molecule has 2 aromatic carbocycles. The van der Waals surface area contributed by atoms with Crippen molar-refractivity contribution in [2.45, 2.75) is 64.5 Å². The van der Waals surface area contributed by atoms with Crippen molar-refractivity contribution in [2.24, 2.45) is 0 Å². The number of rotatable bonds is 9. The lowest BCUT2D eigenvalue weighted by Crippen LogP contribution is -2.52. The summed E-state index contributed by atoms with van der Waals surface area (Å²) in [5, 5.41) is 3.16. The summed E-state index contributed by atoms with van der Waals surface area (Å²) >= 11 is 0. The Balaban J connectivity index is 1.64. The first-order chi connectivity index (χ1) is 15.0. The molecule has 31 heavy (non-hydrogen) atoms. The number of carbonyl (C=O) groups is 2. The molecule has 0 heterocycles. The van der Waals surface area contributed by atoms with E-state index in [1.54, 1.807) is 4.90 Å². The minimum Gasteiger partial charge on any atom is -0.484 e. The summed E-state index contributed by atoms with van der Waals surface area (Å²) in [5.41, 5.74) is 2.21. The number of nitrogens with one attached hydrogen (secondary N) is 1. The van der Waals surface area contributed by atoms with Crippen molar-refractivity contribution in [1.29, 1.82) is 0 Å². The summed E-state index contributed by atoms with van der Waals surface area (Å²) in [6.45, 7) is 4.19.